The molecule has 2 aromatic rings. The van der Waals surface area contributed by atoms with E-state index in [4.69, 9.17) is 9.47 Å². The maximum atomic E-state index is 12.3. The zero-order valence-electron chi connectivity index (χ0n) is 16.9. The average molecular weight is 384 g/mol. The van der Waals surface area contributed by atoms with Gasteiger partial charge in [0.2, 0.25) is 11.8 Å². The molecule has 1 N–H and O–H groups in total. The Kier molecular flexibility index (Phi) is 7.87. The molecule has 0 aliphatic rings. The molecule has 0 fully saturated rings. The zero-order chi connectivity index (χ0) is 20.5. The minimum atomic E-state index is -0.169. The summed E-state index contributed by atoms with van der Waals surface area (Å²) in [6.45, 7) is 8.05. The SMILES string of the molecule is CCOc1ccccc1N(CCC(=O)Nc1ccc(OC(C)C)cc1)C(C)=O. The molecular weight excluding hydrogens is 356 g/mol. The van der Waals surface area contributed by atoms with E-state index in [1.165, 1.54) is 6.92 Å². The molecule has 0 atom stereocenters. The van der Waals surface area contributed by atoms with Crippen molar-refractivity contribution in [3.63, 3.8) is 0 Å². The lowest BCUT2D eigenvalue weighted by Crippen LogP contribution is -2.32. The fourth-order valence-electron chi connectivity index (χ4n) is 2.73. The third kappa shape index (κ3) is 6.30. The van der Waals surface area contributed by atoms with Gasteiger partial charge in [-0.3, -0.25) is 9.59 Å². The van der Waals surface area contributed by atoms with E-state index in [2.05, 4.69) is 5.32 Å². The molecule has 6 nitrogen and oxygen atoms in total. The first-order valence-corrected chi connectivity index (χ1v) is 9.47. The molecule has 0 bridgehead atoms. The zero-order valence-corrected chi connectivity index (χ0v) is 16.9. The van der Waals surface area contributed by atoms with Crippen LogP contribution in [0.25, 0.3) is 0 Å². The van der Waals surface area contributed by atoms with Crippen molar-refractivity contribution < 1.29 is 19.1 Å². The molecule has 2 aromatic carbocycles. The van der Waals surface area contributed by atoms with Crippen LogP contribution in [-0.4, -0.2) is 31.1 Å². The van der Waals surface area contributed by atoms with Gasteiger partial charge in [0.15, 0.2) is 0 Å². The van der Waals surface area contributed by atoms with Crippen molar-refractivity contribution in [1.82, 2.24) is 0 Å². The number of nitrogens with one attached hydrogen (secondary N) is 1. The summed E-state index contributed by atoms with van der Waals surface area (Å²) in [4.78, 5) is 26.0. The van der Waals surface area contributed by atoms with Crippen LogP contribution in [-0.2, 0) is 9.59 Å². The summed E-state index contributed by atoms with van der Waals surface area (Å²) in [5.41, 5.74) is 1.35. The normalized spacial score (nSPS) is 10.5. The smallest absolute Gasteiger partial charge is 0.226 e. The molecule has 2 amide bonds. The maximum Gasteiger partial charge on any atom is 0.226 e. The van der Waals surface area contributed by atoms with Crippen LogP contribution in [0.4, 0.5) is 11.4 Å². The highest BCUT2D eigenvalue weighted by Gasteiger charge is 2.17. The van der Waals surface area contributed by atoms with Crippen molar-refractivity contribution in [2.24, 2.45) is 0 Å². The van der Waals surface area contributed by atoms with Crippen LogP contribution in [0.3, 0.4) is 0 Å². The van der Waals surface area contributed by atoms with Gasteiger partial charge in [0, 0.05) is 25.6 Å². The molecule has 0 radical (unpaired) electrons. The Balaban J connectivity index is 1.98. The van der Waals surface area contributed by atoms with Crippen molar-refractivity contribution in [1.29, 1.82) is 0 Å². The number of carbonyl (C=O) groups excluding carboxylic acids is 2. The van der Waals surface area contributed by atoms with Crippen molar-refractivity contribution in [2.75, 3.05) is 23.4 Å². The first-order valence-electron chi connectivity index (χ1n) is 9.47. The number of benzene rings is 2. The predicted octanol–water partition coefficient (Wildman–Crippen LogP) is 4.25. The topological polar surface area (TPSA) is 67.9 Å². The van der Waals surface area contributed by atoms with Crippen LogP contribution in [0, 0.1) is 0 Å². The van der Waals surface area contributed by atoms with Gasteiger partial charge in [-0.25, -0.2) is 0 Å². The number of ether oxygens (including phenoxy) is 2. The summed E-state index contributed by atoms with van der Waals surface area (Å²) in [5, 5.41) is 2.84. The number of rotatable bonds is 9. The summed E-state index contributed by atoms with van der Waals surface area (Å²) in [6, 6.07) is 14.5. The van der Waals surface area contributed by atoms with Gasteiger partial charge in [-0.05, 0) is 57.2 Å². The summed E-state index contributed by atoms with van der Waals surface area (Å²) in [6.07, 6.45) is 0.266. The lowest BCUT2D eigenvalue weighted by atomic mass is 10.2. The second-order valence-electron chi connectivity index (χ2n) is 6.56. The number of amides is 2. The summed E-state index contributed by atoms with van der Waals surface area (Å²) in [5.74, 6) is 1.07. The van der Waals surface area contributed by atoms with Crippen LogP contribution >= 0.6 is 0 Å². The number of carbonyl (C=O) groups is 2. The molecule has 0 spiro atoms. The molecule has 0 saturated heterocycles. The molecule has 0 saturated carbocycles. The summed E-state index contributed by atoms with van der Waals surface area (Å²) in [7, 11) is 0. The lowest BCUT2D eigenvalue weighted by Gasteiger charge is -2.23. The Morgan fingerprint density at radius 2 is 1.75 bits per heavy atom. The number of anilines is 2. The van der Waals surface area contributed by atoms with Crippen LogP contribution in [0.5, 0.6) is 11.5 Å². The maximum absolute atomic E-state index is 12.3. The van der Waals surface area contributed by atoms with Gasteiger partial charge < -0.3 is 19.7 Å². The van der Waals surface area contributed by atoms with Crippen molar-refractivity contribution in [3.05, 3.63) is 48.5 Å². The highest BCUT2D eigenvalue weighted by molar-refractivity contribution is 5.95. The standard InChI is InChI=1S/C22H28N2O4/c1-5-27-21-9-7-6-8-20(21)24(17(4)25)15-14-22(26)23-18-10-12-19(13-11-18)28-16(2)3/h6-13,16H,5,14-15H2,1-4H3,(H,23,26). The minimum absolute atomic E-state index is 0.0950. The van der Waals surface area contributed by atoms with Crippen LogP contribution in [0.2, 0.25) is 0 Å². The molecule has 0 aromatic heterocycles. The quantitative estimate of drug-likeness (QED) is 0.702. The van der Waals surface area contributed by atoms with Gasteiger partial charge in [-0.15, -0.1) is 0 Å². The van der Waals surface area contributed by atoms with E-state index in [9.17, 15) is 9.59 Å². The van der Waals surface area contributed by atoms with Crippen molar-refractivity contribution in [3.8, 4) is 11.5 Å². The predicted molar refractivity (Wildman–Crippen MR) is 111 cm³/mol. The molecule has 6 heteroatoms. The molecular formula is C22H28N2O4. The van der Waals surface area contributed by atoms with E-state index in [1.54, 1.807) is 17.0 Å². The number of para-hydroxylation sites is 2. The Bertz CT molecular complexity index is 787. The van der Waals surface area contributed by atoms with Crippen LogP contribution in [0.1, 0.15) is 34.1 Å². The summed E-state index contributed by atoms with van der Waals surface area (Å²) < 4.78 is 11.2. The fourth-order valence-corrected chi connectivity index (χ4v) is 2.73. The molecule has 2 rings (SSSR count). The second-order valence-corrected chi connectivity index (χ2v) is 6.56. The monoisotopic (exact) mass is 384 g/mol. The first-order chi connectivity index (χ1) is 13.4. The average Bonchev–Trinajstić information content (AvgIpc) is 2.64. The first kappa shape index (κ1) is 21.3. The van der Waals surface area contributed by atoms with Gasteiger partial charge in [-0.2, -0.15) is 0 Å². The second kappa shape index (κ2) is 10.3. The van der Waals surface area contributed by atoms with Gasteiger partial charge in [-0.1, -0.05) is 12.1 Å². The Labute approximate surface area is 166 Å². The Morgan fingerprint density at radius 3 is 2.36 bits per heavy atom. The van der Waals surface area contributed by atoms with E-state index in [-0.39, 0.29) is 30.9 Å². The van der Waals surface area contributed by atoms with Gasteiger partial charge in [0.1, 0.15) is 11.5 Å². The van der Waals surface area contributed by atoms with E-state index in [0.717, 1.165) is 5.75 Å². The largest absolute Gasteiger partial charge is 0.492 e. The minimum Gasteiger partial charge on any atom is -0.492 e. The van der Waals surface area contributed by atoms with Gasteiger partial charge >= 0.3 is 0 Å². The van der Waals surface area contributed by atoms with Crippen molar-refractivity contribution >= 4 is 23.2 Å². The third-order valence-electron chi connectivity index (χ3n) is 3.91. The lowest BCUT2D eigenvalue weighted by molar-refractivity contribution is -0.117. The Hall–Kier alpha value is -3.02. The fraction of sp³-hybridized carbons (Fsp3) is 0.364. The van der Waals surface area contributed by atoms with E-state index in [1.807, 2.05) is 57.2 Å². The van der Waals surface area contributed by atoms with E-state index in [0.29, 0.717) is 23.7 Å². The number of hydrogen-bond acceptors (Lipinski definition) is 4. The van der Waals surface area contributed by atoms with Crippen LogP contribution in [0.15, 0.2) is 48.5 Å². The molecule has 0 unspecified atom stereocenters. The van der Waals surface area contributed by atoms with E-state index >= 15 is 0 Å². The highest BCUT2D eigenvalue weighted by atomic mass is 16.5. The molecule has 0 aliphatic heterocycles. The third-order valence-corrected chi connectivity index (χ3v) is 3.91. The molecule has 150 valence electrons. The highest BCUT2D eigenvalue weighted by Crippen LogP contribution is 2.28. The van der Waals surface area contributed by atoms with Crippen LogP contribution < -0.4 is 19.7 Å². The van der Waals surface area contributed by atoms with Crippen molar-refractivity contribution in [2.45, 2.75) is 40.2 Å². The van der Waals surface area contributed by atoms with E-state index < -0.39 is 0 Å². The Morgan fingerprint density at radius 1 is 1.07 bits per heavy atom. The number of nitrogens with zero attached hydrogens (tertiary/aromatic N) is 1. The van der Waals surface area contributed by atoms with Gasteiger partial charge in [0.05, 0.1) is 18.4 Å². The van der Waals surface area contributed by atoms with Gasteiger partial charge in [0.25, 0.3) is 0 Å². The molecule has 0 heterocycles. The number of hydrogen-bond donors (Lipinski definition) is 1. The summed E-state index contributed by atoms with van der Waals surface area (Å²) >= 11 is 0. The molecule has 0 aliphatic carbocycles. The molecule has 28 heavy (non-hydrogen) atoms.